The van der Waals surface area contributed by atoms with Gasteiger partial charge in [0, 0.05) is 17.3 Å². The Morgan fingerprint density at radius 1 is 1.10 bits per heavy atom. The predicted molar refractivity (Wildman–Crippen MR) is 82.5 cm³/mol. The van der Waals surface area contributed by atoms with Gasteiger partial charge in [-0.3, -0.25) is 4.79 Å². The molecule has 1 aliphatic heterocycles. The van der Waals surface area contributed by atoms with Crippen molar-refractivity contribution in [1.29, 1.82) is 0 Å². The van der Waals surface area contributed by atoms with E-state index in [0.29, 0.717) is 11.5 Å². The largest absolute Gasteiger partial charge is 0.355 e. The molecule has 0 unspecified atom stereocenters. The maximum absolute atomic E-state index is 11.9. The molecule has 2 aliphatic rings. The number of hydrazone groups is 1. The average molecular weight is 277 g/mol. The molecular formula is C17H15N3O. The van der Waals surface area contributed by atoms with Crippen LogP contribution in [-0.4, -0.2) is 16.6 Å². The first kappa shape index (κ1) is 12.1. The Hall–Kier alpha value is -2.62. The van der Waals surface area contributed by atoms with Crippen molar-refractivity contribution in [2.24, 2.45) is 11.0 Å². The molecule has 2 N–H and O–H groups in total. The van der Waals surface area contributed by atoms with Crippen LogP contribution in [0.4, 0.5) is 0 Å². The van der Waals surface area contributed by atoms with E-state index in [-0.39, 0.29) is 5.91 Å². The summed E-state index contributed by atoms with van der Waals surface area (Å²) in [6.45, 7) is 0. The molecule has 4 nitrogen and oxygen atoms in total. The molecular weight excluding hydrogens is 262 g/mol. The van der Waals surface area contributed by atoms with Crippen LogP contribution in [0.15, 0.2) is 53.1 Å². The highest BCUT2D eigenvalue weighted by molar-refractivity contribution is 6.28. The summed E-state index contributed by atoms with van der Waals surface area (Å²) in [5, 5.41) is 4.16. The van der Waals surface area contributed by atoms with Gasteiger partial charge in [0.2, 0.25) is 0 Å². The van der Waals surface area contributed by atoms with E-state index in [2.05, 4.69) is 27.6 Å². The second-order valence-electron chi connectivity index (χ2n) is 5.46. The lowest BCUT2D eigenvalue weighted by Gasteiger charge is -1.99. The summed E-state index contributed by atoms with van der Waals surface area (Å²) in [5.74, 6) is 0.353. The zero-order valence-corrected chi connectivity index (χ0v) is 11.5. The minimum atomic E-state index is -0.104. The van der Waals surface area contributed by atoms with E-state index >= 15 is 0 Å². The Balaban J connectivity index is 1.65. The maximum Gasteiger partial charge on any atom is 0.273 e. The SMILES string of the molecule is O=C1NN=C(C2CC2)C1=Cc1ccc(-c2ccccc2)[nH]1. The van der Waals surface area contributed by atoms with Gasteiger partial charge in [-0.15, -0.1) is 0 Å². The Morgan fingerprint density at radius 3 is 2.67 bits per heavy atom. The van der Waals surface area contributed by atoms with Crippen LogP contribution in [-0.2, 0) is 4.79 Å². The highest BCUT2D eigenvalue weighted by Gasteiger charge is 2.35. The van der Waals surface area contributed by atoms with Crippen molar-refractivity contribution in [2.45, 2.75) is 12.8 Å². The number of carbonyl (C=O) groups excluding carboxylic acids is 1. The number of hydrogen-bond donors (Lipinski definition) is 2. The fraction of sp³-hybridized carbons (Fsp3) is 0.176. The van der Waals surface area contributed by atoms with Crippen LogP contribution < -0.4 is 5.43 Å². The van der Waals surface area contributed by atoms with Gasteiger partial charge in [-0.05, 0) is 36.6 Å². The van der Waals surface area contributed by atoms with E-state index in [4.69, 9.17) is 0 Å². The Labute approximate surface area is 122 Å². The van der Waals surface area contributed by atoms with Gasteiger partial charge < -0.3 is 4.98 Å². The lowest BCUT2D eigenvalue weighted by Crippen LogP contribution is -2.13. The van der Waals surface area contributed by atoms with Gasteiger partial charge in [-0.2, -0.15) is 5.10 Å². The van der Waals surface area contributed by atoms with E-state index in [1.54, 1.807) is 0 Å². The van der Waals surface area contributed by atoms with Gasteiger partial charge in [-0.1, -0.05) is 30.3 Å². The van der Waals surface area contributed by atoms with Gasteiger partial charge in [0.05, 0.1) is 11.3 Å². The summed E-state index contributed by atoms with van der Waals surface area (Å²) in [6, 6.07) is 14.2. The number of hydrogen-bond acceptors (Lipinski definition) is 2. The van der Waals surface area contributed by atoms with E-state index in [1.807, 2.05) is 36.4 Å². The third kappa shape index (κ3) is 2.29. The lowest BCUT2D eigenvalue weighted by molar-refractivity contribution is -0.116. The summed E-state index contributed by atoms with van der Waals surface area (Å²) in [6.07, 6.45) is 4.15. The van der Waals surface area contributed by atoms with Crippen LogP contribution in [0.5, 0.6) is 0 Å². The molecule has 0 radical (unpaired) electrons. The molecule has 0 spiro atoms. The van der Waals surface area contributed by atoms with Gasteiger partial charge in [0.1, 0.15) is 0 Å². The van der Waals surface area contributed by atoms with Crippen LogP contribution in [0.2, 0.25) is 0 Å². The number of amides is 1. The van der Waals surface area contributed by atoms with Crippen molar-refractivity contribution in [3.63, 3.8) is 0 Å². The van der Waals surface area contributed by atoms with Crippen LogP contribution in [0, 0.1) is 5.92 Å². The number of nitrogens with zero attached hydrogens (tertiary/aromatic N) is 1. The van der Waals surface area contributed by atoms with Crippen molar-refractivity contribution in [3.8, 4) is 11.3 Å². The van der Waals surface area contributed by atoms with Crippen LogP contribution >= 0.6 is 0 Å². The van der Waals surface area contributed by atoms with Crippen molar-refractivity contribution in [2.75, 3.05) is 0 Å². The third-order valence-corrected chi connectivity index (χ3v) is 3.86. The third-order valence-electron chi connectivity index (χ3n) is 3.86. The van der Waals surface area contributed by atoms with Crippen LogP contribution in [0.3, 0.4) is 0 Å². The summed E-state index contributed by atoms with van der Waals surface area (Å²) in [5.41, 5.74) is 7.28. The smallest absolute Gasteiger partial charge is 0.273 e. The van der Waals surface area contributed by atoms with E-state index in [0.717, 1.165) is 35.5 Å². The molecule has 21 heavy (non-hydrogen) atoms. The van der Waals surface area contributed by atoms with E-state index < -0.39 is 0 Å². The van der Waals surface area contributed by atoms with Crippen molar-refractivity contribution >= 4 is 17.7 Å². The molecule has 0 bridgehead atoms. The first-order valence-corrected chi connectivity index (χ1v) is 7.16. The molecule has 2 aromatic rings. The number of aromatic nitrogens is 1. The molecule has 1 aromatic heterocycles. The number of nitrogens with one attached hydrogen (secondary N) is 2. The minimum absolute atomic E-state index is 0.104. The number of H-pyrrole nitrogens is 1. The highest BCUT2D eigenvalue weighted by atomic mass is 16.2. The molecule has 104 valence electrons. The number of aromatic amines is 1. The first-order valence-electron chi connectivity index (χ1n) is 7.16. The molecule has 1 fully saturated rings. The van der Waals surface area contributed by atoms with Gasteiger partial charge >= 0.3 is 0 Å². The molecule has 4 rings (SSSR count). The quantitative estimate of drug-likeness (QED) is 0.833. The fourth-order valence-electron chi connectivity index (χ4n) is 2.59. The van der Waals surface area contributed by atoms with Crippen molar-refractivity contribution in [1.82, 2.24) is 10.4 Å². The van der Waals surface area contributed by atoms with Crippen LogP contribution in [0.1, 0.15) is 18.5 Å². The normalized spacial score (nSPS) is 19.7. The Bertz CT molecular complexity index is 751. The molecule has 0 saturated heterocycles. The second-order valence-corrected chi connectivity index (χ2v) is 5.46. The molecule has 1 aliphatic carbocycles. The fourth-order valence-corrected chi connectivity index (χ4v) is 2.59. The predicted octanol–water partition coefficient (Wildman–Crippen LogP) is 2.96. The Kier molecular flexibility index (Phi) is 2.74. The summed E-state index contributed by atoms with van der Waals surface area (Å²) >= 11 is 0. The molecule has 1 amide bonds. The van der Waals surface area contributed by atoms with Crippen LogP contribution in [0.25, 0.3) is 17.3 Å². The van der Waals surface area contributed by atoms with Crippen molar-refractivity contribution < 1.29 is 4.79 Å². The molecule has 1 aromatic carbocycles. The zero-order chi connectivity index (χ0) is 14.2. The molecule has 2 heterocycles. The average Bonchev–Trinajstić information content (AvgIpc) is 3.14. The summed E-state index contributed by atoms with van der Waals surface area (Å²) < 4.78 is 0. The zero-order valence-electron chi connectivity index (χ0n) is 11.5. The number of carbonyl (C=O) groups is 1. The van der Waals surface area contributed by atoms with E-state index in [1.165, 1.54) is 0 Å². The summed E-state index contributed by atoms with van der Waals surface area (Å²) in [4.78, 5) is 15.2. The first-order chi connectivity index (χ1) is 10.3. The molecule has 0 atom stereocenters. The van der Waals surface area contributed by atoms with Gasteiger partial charge in [-0.25, -0.2) is 5.43 Å². The monoisotopic (exact) mass is 277 g/mol. The second kappa shape index (κ2) is 4.74. The van der Waals surface area contributed by atoms with E-state index in [9.17, 15) is 4.79 Å². The lowest BCUT2D eigenvalue weighted by atomic mass is 10.1. The number of benzene rings is 1. The maximum atomic E-state index is 11.9. The Morgan fingerprint density at radius 2 is 1.90 bits per heavy atom. The number of rotatable bonds is 3. The standard InChI is InChI=1S/C17H15N3O/c21-17-14(16(19-20-17)12-6-7-12)10-13-8-9-15(18-13)11-4-2-1-3-5-11/h1-5,8-10,12,18H,6-7H2,(H,20,21). The topological polar surface area (TPSA) is 57.2 Å². The molecule has 4 heteroatoms. The van der Waals surface area contributed by atoms with Crippen molar-refractivity contribution in [3.05, 3.63) is 53.7 Å². The molecule has 1 saturated carbocycles. The highest BCUT2D eigenvalue weighted by Crippen LogP contribution is 2.35. The minimum Gasteiger partial charge on any atom is -0.355 e. The van der Waals surface area contributed by atoms with Gasteiger partial charge in [0.25, 0.3) is 5.91 Å². The van der Waals surface area contributed by atoms with Gasteiger partial charge in [0.15, 0.2) is 0 Å². The summed E-state index contributed by atoms with van der Waals surface area (Å²) in [7, 11) is 0.